The molecule has 2 aliphatic rings. The van der Waals surface area contributed by atoms with Crippen molar-refractivity contribution in [2.45, 2.75) is 103 Å². The van der Waals surface area contributed by atoms with E-state index in [1.165, 1.54) is 44.9 Å². The van der Waals surface area contributed by atoms with Gasteiger partial charge in [-0.05, 0) is 17.8 Å². The smallest absolute Gasteiger partial charge is 0.450 e. The molecule has 2 rings (SSSR count). The zero-order valence-electron chi connectivity index (χ0n) is 15.1. The average Bonchev–Trinajstić information content (AvgIpc) is 2.55. The second-order valence-corrected chi connectivity index (χ2v) is 7.75. The van der Waals surface area contributed by atoms with Crippen LogP contribution < -0.4 is 0 Å². The van der Waals surface area contributed by atoms with Gasteiger partial charge in [-0.3, -0.25) is 0 Å². The summed E-state index contributed by atoms with van der Waals surface area (Å²) in [5.74, 6) is 3.30. The third-order valence-corrected chi connectivity index (χ3v) is 5.89. The number of rotatable bonds is 7. The molecule has 136 valence electrons. The van der Waals surface area contributed by atoms with Crippen molar-refractivity contribution < 1.29 is 15.0 Å². The summed E-state index contributed by atoms with van der Waals surface area (Å²) in [7, 11) is 0. The maximum atomic E-state index is 8.56. The highest BCUT2D eigenvalue weighted by Gasteiger charge is 2.22. The molecule has 0 spiro atoms. The molecule has 23 heavy (non-hydrogen) atoms. The summed E-state index contributed by atoms with van der Waals surface area (Å²) in [6.45, 7) is 2.32. The second kappa shape index (κ2) is 12.7. The summed E-state index contributed by atoms with van der Waals surface area (Å²) in [5, 5.41) is 13.9. The van der Waals surface area contributed by atoms with Crippen molar-refractivity contribution in [1.82, 2.24) is 0 Å². The lowest BCUT2D eigenvalue weighted by Gasteiger charge is -2.30. The lowest BCUT2D eigenvalue weighted by atomic mass is 9.76. The zero-order chi connectivity index (χ0) is 16.9. The largest absolute Gasteiger partial charge is 0.503 e. The molecule has 0 bridgehead atoms. The fourth-order valence-electron chi connectivity index (χ4n) is 4.44. The Kier molecular flexibility index (Phi) is 11.2. The van der Waals surface area contributed by atoms with Crippen molar-refractivity contribution in [2.75, 3.05) is 0 Å². The van der Waals surface area contributed by atoms with Crippen molar-refractivity contribution in [3.63, 3.8) is 0 Å². The highest BCUT2D eigenvalue weighted by Crippen LogP contribution is 2.36. The van der Waals surface area contributed by atoms with Crippen molar-refractivity contribution in [2.24, 2.45) is 17.8 Å². The zero-order valence-corrected chi connectivity index (χ0v) is 15.1. The molecule has 0 unspecified atom stereocenters. The highest BCUT2D eigenvalue weighted by atomic mass is 16.6. The first kappa shape index (κ1) is 20.3. The van der Waals surface area contributed by atoms with Gasteiger partial charge in [0, 0.05) is 0 Å². The molecule has 0 heterocycles. The van der Waals surface area contributed by atoms with Crippen LogP contribution in [0, 0.1) is 17.8 Å². The number of carboxylic acid groups (broad SMARTS) is 2. The first-order valence-corrected chi connectivity index (χ1v) is 10.0. The maximum Gasteiger partial charge on any atom is 0.503 e. The van der Waals surface area contributed by atoms with Crippen LogP contribution in [0.4, 0.5) is 4.79 Å². The summed E-state index contributed by atoms with van der Waals surface area (Å²) in [6.07, 6.45) is 21.0. The quantitative estimate of drug-likeness (QED) is 0.497. The van der Waals surface area contributed by atoms with Crippen LogP contribution in [-0.4, -0.2) is 16.4 Å². The minimum Gasteiger partial charge on any atom is -0.450 e. The molecule has 0 amide bonds. The Balaban J connectivity index is 0.000000593. The number of unbranched alkanes of at least 4 members (excludes halogenated alkanes) is 2. The van der Waals surface area contributed by atoms with Gasteiger partial charge in [0.15, 0.2) is 0 Å². The second-order valence-electron chi connectivity index (χ2n) is 7.75. The van der Waals surface area contributed by atoms with E-state index in [1.54, 1.807) is 51.4 Å². The minimum atomic E-state index is -1.83. The van der Waals surface area contributed by atoms with Gasteiger partial charge in [0.1, 0.15) is 0 Å². The van der Waals surface area contributed by atoms with Gasteiger partial charge in [0.2, 0.25) is 0 Å². The van der Waals surface area contributed by atoms with Crippen molar-refractivity contribution >= 4 is 6.16 Å². The van der Waals surface area contributed by atoms with Gasteiger partial charge in [0.25, 0.3) is 0 Å². The Morgan fingerprint density at radius 2 is 1.17 bits per heavy atom. The normalized spacial score (nSPS) is 25.4. The highest BCUT2D eigenvalue weighted by molar-refractivity contribution is 5.53. The molecule has 2 fully saturated rings. The number of hydrogen-bond acceptors (Lipinski definition) is 1. The van der Waals surface area contributed by atoms with Crippen LogP contribution in [0.2, 0.25) is 0 Å². The van der Waals surface area contributed by atoms with Gasteiger partial charge in [-0.15, -0.1) is 0 Å². The monoisotopic (exact) mass is 326 g/mol. The molecule has 0 aromatic heterocycles. The maximum absolute atomic E-state index is 8.56. The van der Waals surface area contributed by atoms with E-state index in [9.17, 15) is 0 Å². The number of hydrogen-bond donors (Lipinski definition) is 2. The van der Waals surface area contributed by atoms with E-state index in [0.717, 1.165) is 17.8 Å². The molecule has 0 aliphatic heterocycles. The molecule has 0 saturated heterocycles. The molecule has 2 N–H and O–H groups in total. The lowest BCUT2D eigenvalue weighted by Crippen LogP contribution is -2.16. The van der Waals surface area contributed by atoms with Crippen LogP contribution in [0.15, 0.2) is 0 Å². The first-order valence-electron chi connectivity index (χ1n) is 10.0. The fourth-order valence-corrected chi connectivity index (χ4v) is 4.44. The fraction of sp³-hybridized carbons (Fsp3) is 0.950. The summed E-state index contributed by atoms with van der Waals surface area (Å²) >= 11 is 0. The van der Waals surface area contributed by atoms with E-state index < -0.39 is 6.16 Å². The Morgan fingerprint density at radius 3 is 1.65 bits per heavy atom. The van der Waals surface area contributed by atoms with Crippen molar-refractivity contribution in [3.8, 4) is 0 Å². The summed E-state index contributed by atoms with van der Waals surface area (Å²) in [4.78, 5) is 8.56. The molecule has 0 aromatic rings. The number of carbonyl (C=O) groups is 1. The first-order chi connectivity index (χ1) is 11.1. The van der Waals surface area contributed by atoms with E-state index in [2.05, 4.69) is 6.92 Å². The Hall–Kier alpha value is -0.730. The van der Waals surface area contributed by atoms with Crippen LogP contribution in [-0.2, 0) is 0 Å². The predicted octanol–water partition coefficient (Wildman–Crippen LogP) is 6.96. The van der Waals surface area contributed by atoms with Crippen LogP contribution >= 0.6 is 0 Å². The Bertz CT molecular complexity index is 285. The minimum absolute atomic E-state index is 1.09. The SMILES string of the molecule is CCCCC[C@H]1CC[C@H](CCC2CCCCC2)CC1.O=C(O)O. The predicted molar refractivity (Wildman–Crippen MR) is 96.1 cm³/mol. The van der Waals surface area contributed by atoms with Gasteiger partial charge in [-0.2, -0.15) is 0 Å². The van der Waals surface area contributed by atoms with Gasteiger partial charge >= 0.3 is 6.16 Å². The van der Waals surface area contributed by atoms with Crippen LogP contribution in [0.3, 0.4) is 0 Å². The standard InChI is InChI=1S/C19H36.CH2O3/c1-2-3-5-8-18-12-15-19(16-13-18)14-11-17-9-6-4-7-10-17;2-1(3)4/h17-19H,2-16H2,1H3;(H2,2,3,4)/t18-,19-;. The molecule has 3 nitrogen and oxygen atoms in total. The van der Waals surface area contributed by atoms with Gasteiger partial charge < -0.3 is 10.2 Å². The van der Waals surface area contributed by atoms with Gasteiger partial charge in [-0.1, -0.05) is 103 Å². The summed E-state index contributed by atoms with van der Waals surface area (Å²) in [6, 6.07) is 0. The summed E-state index contributed by atoms with van der Waals surface area (Å²) < 4.78 is 0. The van der Waals surface area contributed by atoms with Crippen molar-refractivity contribution in [3.05, 3.63) is 0 Å². The van der Waals surface area contributed by atoms with E-state index in [-0.39, 0.29) is 0 Å². The van der Waals surface area contributed by atoms with E-state index >= 15 is 0 Å². The third kappa shape index (κ3) is 10.6. The van der Waals surface area contributed by atoms with E-state index in [0.29, 0.717) is 0 Å². The molecule has 0 aromatic carbocycles. The molecule has 0 atom stereocenters. The molecule has 3 heteroatoms. The van der Waals surface area contributed by atoms with Gasteiger partial charge in [0.05, 0.1) is 0 Å². The Morgan fingerprint density at radius 1 is 0.739 bits per heavy atom. The van der Waals surface area contributed by atoms with E-state index in [1.807, 2.05) is 0 Å². The van der Waals surface area contributed by atoms with Gasteiger partial charge in [-0.25, -0.2) is 4.79 Å². The van der Waals surface area contributed by atoms with Crippen LogP contribution in [0.25, 0.3) is 0 Å². The molecular formula is C20H38O3. The van der Waals surface area contributed by atoms with Crippen LogP contribution in [0.5, 0.6) is 0 Å². The molecule has 2 saturated carbocycles. The molecule has 2 aliphatic carbocycles. The Labute approximate surface area is 142 Å². The van der Waals surface area contributed by atoms with Crippen molar-refractivity contribution in [1.29, 1.82) is 0 Å². The molecular weight excluding hydrogens is 288 g/mol. The third-order valence-electron chi connectivity index (χ3n) is 5.89. The summed E-state index contributed by atoms with van der Waals surface area (Å²) in [5.41, 5.74) is 0. The molecule has 0 radical (unpaired) electrons. The average molecular weight is 327 g/mol. The lowest BCUT2D eigenvalue weighted by molar-refractivity contribution is 0.137. The topological polar surface area (TPSA) is 57.5 Å². The van der Waals surface area contributed by atoms with Crippen LogP contribution in [0.1, 0.15) is 103 Å². The van der Waals surface area contributed by atoms with E-state index in [4.69, 9.17) is 15.0 Å².